The van der Waals surface area contributed by atoms with Gasteiger partial charge in [-0.2, -0.15) is 0 Å². The fraction of sp³-hybridized carbons (Fsp3) is 0.321. The minimum atomic E-state index is -0.891. The van der Waals surface area contributed by atoms with Crippen LogP contribution in [0.15, 0.2) is 84.9 Å². The predicted molar refractivity (Wildman–Crippen MR) is 135 cm³/mol. The number of hydrogen-bond donors (Lipinski definition) is 2. The van der Waals surface area contributed by atoms with Gasteiger partial charge in [-0.05, 0) is 73.7 Å². The molecule has 1 fully saturated rings. The number of nitrogens with one attached hydrogen (secondary N) is 1. The summed E-state index contributed by atoms with van der Waals surface area (Å²) in [5.41, 5.74) is 2.48. The molecule has 0 spiro atoms. The maximum absolute atomic E-state index is 12.7. The molecule has 1 saturated heterocycles. The molecule has 0 saturated carbocycles. The van der Waals surface area contributed by atoms with E-state index in [2.05, 4.69) is 34.5 Å². The first-order chi connectivity index (χ1) is 17.0. The Hall–Kier alpha value is -3.55. The van der Waals surface area contributed by atoms with Gasteiger partial charge >= 0.3 is 0 Å². The second-order valence-corrected chi connectivity index (χ2v) is 9.11. The number of piperidine rings is 1. The minimum Gasteiger partial charge on any atom is -0.387 e. The first-order valence-electron chi connectivity index (χ1n) is 12.0. The Bertz CT molecular complexity index is 1100. The van der Waals surface area contributed by atoms with Gasteiger partial charge in [0.25, 0.3) is 11.6 Å². The van der Waals surface area contributed by atoms with Crippen molar-refractivity contribution < 1.29 is 14.8 Å². The van der Waals surface area contributed by atoms with Crippen molar-refractivity contribution in [3.05, 3.63) is 112 Å². The fourth-order valence-corrected chi connectivity index (χ4v) is 4.78. The van der Waals surface area contributed by atoms with E-state index in [4.69, 9.17) is 0 Å². The number of non-ortho nitro benzene ring substituents is 1. The average Bonchev–Trinajstić information content (AvgIpc) is 2.90. The van der Waals surface area contributed by atoms with Crippen molar-refractivity contribution in [3.63, 3.8) is 0 Å². The summed E-state index contributed by atoms with van der Waals surface area (Å²) in [7, 11) is 0. The van der Waals surface area contributed by atoms with Crippen molar-refractivity contribution in [1.82, 2.24) is 10.2 Å². The van der Waals surface area contributed by atoms with Gasteiger partial charge in [0.2, 0.25) is 0 Å². The summed E-state index contributed by atoms with van der Waals surface area (Å²) < 4.78 is 0. The van der Waals surface area contributed by atoms with Crippen LogP contribution in [0.1, 0.15) is 40.4 Å². The van der Waals surface area contributed by atoms with Crippen molar-refractivity contribution in [2.24, 2.45) is 5.92 Å². The summed E-state index contributed by atoms with van der Waals surface area (Å²) in [6.07, 6.45) is 2.16. The second kappa shape index (κ2) is 11.7. The number of nitro benzene ring substituents is 1. The molecule has 1 aliphatic heterocycles. The van der Waals surface area contributed by atoms with E-state index >= 15 is 0 Å². The third kappa shape index (κ3) is 6.53. The Kier molecular flexibility index (Phi) is 8.23. The number of benzene rings is 3. The van der Waals surface area contributed by atoms with Crippen LogP contribution in [0.2, 0.25) is 0 Å². The van der Waals surface area contributed by atoms with Crippen molar-refractivity contribution in [2.45, 2.75) is 31.4 Å². The van der Waals surface area contributed by atoms with Crippen molar-refractivity contribution >= 4 is 11.6 Å². The third-order valence-corrected chi connectivity index (χ3v) is 6.80. The van der Waals surface area contributed by atoms with Gasteiger partial charge in [0.05, 0.1) is 17.1 Å². The van der Waals surface area contributed by atoms with Gasteiger partial charge in [0, 0.05) is 24.2 Å². The Morgan fingerprint density at radius 3 is 2.17 bits per heavy atom. The molecule has 7 heteroatoms. The molecule has 182 valence electrons. The van der Waals surface area contributed by atoms with Crippen LogP contribution >= 0.6 is 0 Å². The molecule has 7 nitrogen and oxygen atoms in total. The van der Waals surface area contributed by atoms with Crippen LogP contribution in [-0.4, -0.2) is 46.5 Å². The van der Waals surface area contributed by atoms with E-state index in [0.717, 1.165) is 32.4 Å². The lowest BCUT2D eigenvalue weighted by Gasteiger charge is -2.40. The zero-order valence-electron chi connectivity index (χ0n) is 19.6. The molecule has 1 heterocycles. The van der Waals surface area contributed by atoms with Crippen LogP contribution in [0.25, 0.3) is 0 Å². The highest BCUT2D eigenvalue weighted by Gasteiger charge is 2.31. The third-order valence-electron chi connectivity index (χ3n) is 6.80. The lowest BCUT2D eigenvalue weighted by Crippen LogP contribution is -2.50. The highest BCUT2D eigenvalue weighted by molar-refractivity contribution is 5.94. The molecule has 4 rings (SSSR count). The summed E-state index contributed by atoms with van der Waals surface area (Å²) in [5.74, 6) is 0.384. The molecule has 0 aromatic heterocycles. The molecule has 2 unspecified atom stereocenters. The number of aliphatic hydroxyl groups excluding tert-OH is 1. The van der Waals surface area contributed by atoms with Gasteiger partial charge in [-0.15, -0.1) is 0 Å². The van der Waals surface area contributed by atoms with E-state index in [1.807, 2.05) is 24.3 Å². The van der Waals surface area contributed by atoms with E-state index in [1.165, 1.54) is 17.7 Å². The molecule has 0 aliphatic carbocycles. The number of carbonyl (C=O) groups is 1. The number of amides is 1. The molecule has 2 atom stereocenters. The Morgan fingerprint density at radius 2 is 1.57 bits per heavy atom. The normalized spacial score (nSPS) is 16.4. The molecule has 3 aromatic rings. The van der Waals surface area contributed by atoms with Crippen LogP contribution in [0.4, 0.5) is 5.69 Å². The number of nitrogens with zero attached hydrogens (tertiary/aromatic N) is 2. The second-order valence-electron chi connectivity index (χ2n) is 9.11. The van der Waals surface area contributed by atoms with Crippen LogP contribution in [0.5, 0.6) is 0 Å². The quantitative estimate of drug-likeness (QED) is 0.355. The number of nitro groups is 1. The van der Waals surface area contributed by atoms with Crippen LogP contribution < -0.4 is 5.32 Å². The summed E-state index contributed by atoms with van der Waals surface area (Å²) in [6.45, 7) is 1.90. The summed E-state index contributed by atoms with van der Waals surface area (Å²) >= 11 is 0. The number of likely N-dealkylation sites (tertiary alicyclic amines) is 1. The van der Waals surface area contributed by atoms with Crippen LogP contribution in [0.3, 0.4) is 0 Å². The topological polar surface area (TPSA) is 95.7 Å². The molecule has 1 amide bonds. The van der Waals surface area contributed by atoms with Gasteiger partial charge in [-0.1, -0.05) is 48.5 Å². The van der Waals surface area contributed by atoms with E-state index < -0.39 is 11.0 Å². The van der Waals surface area contributed by atoms with Gasteiger partial charge < -0.3 is 10.4 Å². The van der Waals surface area contributed by atoms with E-state index in [-0.39, 0.29) is 24.2 Å². The Labute approximate surface area is 205 Å². The highest BCUT2D eigenvalue weighted by Crippen LogP contribution is 2.28. The minimum absolute atomic E-state index is 0.0170. The van der Waals surface area contributed by atoms with Gasteiger partial charge in [0.1, 0.15) is 0 Å². The largest absolute Gasteiger partial charge is 0.387 e. The fourth-order valence-electron chi connectivity index (χ4n) is 4.78. The average molecular weight is 474 g/mol. The molecule has 0 radical (unpaired) electrons. The molecule has 0 bridgehead atoms. The Balaban J connectivity index is 1.45. The van der Waals surface area contributed by atoms with Crippen molar-refractivity contribution in [2.75, 3.05) is 19.6 Å². The molecule has 35 heavy (non-hydrogen) atoms. The molecular formula is C28H31N3O4. The van der Waals surface area contributed by atoms with Gasteiger partial charge in [-0.25, -0.2) is 0 Å². The van der Waals surface area contributed by atoms with E-state index in [9.17, 15) is 20.0 Å². The monoisotopic (exact) mass is 473 g/mol. The first-order valence-corrected chi connectivity index (χ1v) is 12.0. The van der Waals surface area contributed by atoms with E-state index in [1.54, 1.807) is 24.3 Å². The first kappa shape index (κ1) is 24.6. The summed E-state index contributed by atoms with van der Waals surface area (Å²) in [5, 5.41) is 25.3. The summed E-state index contributed by atoms with van der Waals surface area (Å²) in [6, 6.07) is 25.1. The Morgan fingerprint density at radius 1 is 0.971 bits per heavy atom. The SMILES string of the molecule is O=C(NCC(C(O)c1ccc([N+](=O)[O-])cc1)N1CCC(Cc2ccccc2)CC1)c1ccccc1. The maximum Gasteiger partial charge on any atom is 0.269 e. The van der Waals surface area contributed by atoms with Crippen molar-refractivity contribution in [3.8, 4) is 0 Å². The van der Waals surface area contributed by atoms with E-state index in [0.29, 0.717) is 17.0 Å². The number of hydrogen-bond acceptors (Lipinski definition) is 5. The van der Waals surface area contributed by atoms with Gasteiger partial charge in [-0.3, -0.25) is 19.8 Å². The molecule has 1 aliphatic rings. The zero-order chi connectivity index (χ0) is 24.6. The summed E-state index contributed by atoms with van der Waals surface area (Å²) in [4.78, 5) is 25.5. The molecular weight excluding hydrogens is 442 g/mol. The zero-order valence-corrected chi connectivity index (χ0v) is 19.6. The number of aliphatic hydroxyl groups is 1. The van der Waals surface area contributed by atoms with Crippen LogP contribution in [-0.2, 0) is 6.42 Å². The molecule has 2 N–H and O–H groups in total. The highest BCUT2D eigenvalue weighted by atomic mass is 16.6. The number of rotatable bonds is 9. The van der Waals surface area contributed by atoms with Crippen molar-refractivity contribution in [1.29, 1.82) is 0 Å². The lowest BCUT2D eigenvalue weighted by atomic mass is 9.88. The molecule has 3 aromatic carbocycles. The predicted octanol–water partition coefficient (Wildman–Crippen LogP) is 4.38. The smallest absolute Gasteiger partial charge is 0.269 e. The lowest BCUT2D eigenvalue weighted by molar-refractivity contribution is -0.384. The van der Waals surface area contributed by atoms with Gasteiger partial charge in [0.15, 0.2) is 0 Å². The number of carbonyl (C=O) groups excluding carboxylic acids is 1. The van der Waals surface area contributed by atoms with Crippen LogP contribution in [0, 0.1) is 16.0 Å². The maximum atomic E-state index is 12.7. The standard InChI is InChI=1S/C28H31N3O4/c32-27(23-11-13-25(14-12-23)31(34)35)26(20-29-28(33)24-9-5-2-6-10-24)30-17-15-22(16-18-30)19-21-7-3-1-4-8-21/h1-14,22,26-27,32H,15-20H2,(H,29,33).